The summed E-state index contributed by atoms with van der Waals surface area (Å²) in [5.74, 6) is 0.328. The number of nitro groups is 1. The predicted octanol–water partition coefficient (Wildman–Crippen LogP) is 2.95. The van der Waals surface area contributed by atoms with Gasteiger partial charge in [0.2, 0.25) is 0 Å². The van der Waals surface area contributed by atoms with Crippen molar-refractivity contribution in [1.82, 2.24) is 5.32 Å². The van der Waals surface area contributed by atoms with Crippen molar-refractivity contribution in [3.05, 3.63) is 33.9 Å². The van der Waals surface area contributed by atoms with Crippen molar-refractivity contribution in [3.63, 3.8) is 0 Å². The van der Waals surface area contributed by atoms with Gasteiger partial charge in [0.1, 0.15) is 5.56 Å². The van der Waals surface area contributed by atoms with Crippen LogP contribution in [-0.2, 0) is 0 Å². The molecule has 114 valence electrons. The Morgan fingerprint density at radius 2 is 2.19 bits per heavy atom. The second-order valence-corrected chi connectivity index (χ2v) is 5.36. The minimum absolute atomic E-state index is 0.118. The molecule has 0 aromatic heterocycles. The largest absolute Gasteiger partial charge is 0.385 e. The van der Waals surface area contributed by atoms with Crippen LogP contribution < -0.4 is 10.6 Å². The van der Waals surface area contributed by atoms with Gasteiger partial charge in [-0.2, -0.15) is 0 Å². The van der Waals surface area contributed by atoms with E-state index in [-0.39, 0.29) is 17.2 Å². The van der Waals surface area contributed by atoms with E-state index in [9.17, 15) is 14.9 Å². The third kappa shape index (κ3) is 3.93. The molecule has 6 heteroatoms. The Labute approximate surface area is 124 Å². The molecule has 1 aliphatic rings. The molecule has 0 bridgehead atoms. The number of carbonyl (C=O) groups is 1. The van der Waals surface area contributed by atoms with Crippen molar-refractivity contribution < 1.29 is 9.72 Å². The number of benzene rings is 1. The van der Waals surface area contributed by atoms with E-state index in [1.807, 2.05) is 6.92 Å². The van der Waals surface area contributed by atoms with Crippen molar-refractivity contribution in [3.8, 4) is 0 Å². The van der Waals surface area contributed by atoms with Crippen LogP contribution in [0.15, 0.2) is 18.2 Å². The Balaban J connectivity index is 2.04. The summed E-state index contributed by atoms with van der Waals surface area (Å²) >= 11 is 0. The van der Waals surface area contributed by atoms with Gasteiger partial charge < -0.3 is 10.6 Å². The van der Waals surface area contributed by atoms with E-state index < -0.39 is 4.92 Å². The van der Waals surface area contributed by atoms with Crippen LogP contribution in [-0.4, -0.2) is 23.9 Å². The van der Waals surface area contributed by atoms with Gasteiger partial charge in [-0.15, -0.1) is 0 Å². The molecule has 6 nitrogen and oxygen atoms in total. The summed E-state index contributed by atoms with van der Waals surface area (Å²) in [4.78, 5) is 22.7. The van der Waals surface area contributed by atoms with Gasteiger partial charge in [-0.05, 0) is 31.4 Å². The molecule has 1 aliphatic carbocycles. The number of carbonyl (C=O) groups excluding carboxylic acids is 1. The molecule has 0 heterocycles. The summed E-state index contributed by atoms with van der Waals surface area (Å²) in [6.45, 7) is 3.20. The highest BCUT2D eigenvalue weighted by Crippen LogP contribution is 2.29. The normalized spacial score (nSPS) is 14.3. The van der Waals surface area contributed by atoms with E-state index in [0.717, 1.165) is 6.42 Å². The van der Waals surface area contributed by atoms with Gasteiger partial charge in [-0.25, -0.2) is 0 Å². The Bertz CT molecular complexity index is 527. The van der Waals surface area contributed by atoms with Crippen molar-refractivity contribution in [1.29, 1.82) is 0 Å². The van der Waals surface area contributed by atoms with Gasteiger partial charge in [0.05, 0.1) is 4.92 Å². The third-order valence-corrected chi connectivity index (χ3v) is 3.88. The van der Waals surface area contributed by atoms with Crippen LogP contribution >= 0.6 is 0 Å². The van der Waals surface area contributed by atoms with Gasteiger partial charge in [-0.3, -0.25) is 14.9 Å². The van der Waals surface area contributed by atoms with E-state index in [0.29, 0.717) is 24.7 Å². The first-order valence-corrected chi connectivity index (χ1v) is 7.42. The second-order valence-electron chi connectivity index (χ2n) is 5.36. The first-order valence-electron chi connectivity index (χ1n) is 7.42. The molecule has 0 unspecified atom stereocenters. The molecule has 0 saturated heterocycles. The lowest BCUT2D eigenvalue weighted by atomic mass is 9.83. The molecule has 0 spiro atoms. The number of amides is 1. The molecular formula is C15H21N3O3. The fourth-order valence-electron chi connectivity index (χ4n) is 2.46. The van der Waals surface area contributed by atoms with Gasteiger partial charge in [0.25, 0.3) is 11.6 Å². The molecular weight excluding hydrogens is 270 g/mol. The Hall–Kier alpha value is -2.11. The van der Waals surface area contributed by atoms with E-state index in [2.05, 4.69) is 10.6 Å². The molecule has 1 amide bonds. The lowest BCUT2D eigenvalue weighted by molar-refractivity contribution is -0.385. The summed E-state index contributed by atoms with van der Waals surface area (Å²) in [6.07, 6.45) is 4.68. The molecule has 0 aliphatic heterocycles. The zero-order valence-electron chi connectivity index (χ0n) is 12.2. The highest BCUT2D eigenvalue weighted by atomic mass is 16.6. The van der Waals surface area contributed by atoms with Gasteiger partial charge in [0.15, 0.2) is 0 Å². The van der Waals surface area contributed by atoms with Crippen LogP contribution in [0.2, 0.25) is 0 Å². The summed E-state index contributed by atoms with van der Waals surface area (Å²) in [5.41, 5.74) is 0.678. The standard InChI is InChI=1S/C15H21N3O3/c1-2-16-12-6-7-14(18(20)21)13(10-12)15(19)17-9-8-11-4-3-5-11/h6-7,10-11,16H,2-5,8-9H2,1H3,(H,17,19). The Kier molecular flexibility index (Phi) is 5.14. The topological polar surface area (TPSA) is 84.3 Å². The van der Waals surface area contributed by atoms with Crippen molar-refractivity contribution in [2.75, 3.05) is 18.4 Å². The van der Waals surface area contributed by atoms with Gasteiger partial charge >= 0.3 is 0 Å². The van der Waals surface area contributed by atoms with E-state index in [1.54, 1.807) is 12.1 Å². The molecule has 1 fully saturated rings. The summed E-state index contributed by atoms with van der Waals surface area (Å²) in [7, 11) is 0. The average Bonchev–Trinajstić information content (AvgIpc) is 2.41. The van der Waals surface area contributed by atoms with Crippen LogP contribution in [0.5, 0.6) is 0 Å². The first-order chi connectivity index (χ1) is 10.1. The van der Waals surface area contributed by atoms with Crippen LogP contribution in [0.25, 0.3) is 0 Å². The Morgan fingerprint density at radius 1 is 1.43 bits per heavy atom. The number of nitrogens with one attached hydrogen (secondary N) is 2. The summed E-state index contributed by atoms with van der Waals surface area (Å²) in [6, 6.07) is 4.53. The number of nitrogens with zero attached hydrogens (tertiary/aromatic N) is 1. The maximum absolute atomic E-state index is 12.2. The maximum atomic E-state index is 12.2. The fourth-order valence-corrected chi connectivity index (χ4v) is 2.46. The molecule has 2 rings (SSSR count). The molecule has 1 aromatic rings. The fraction of sp³-hybridized carbons (Fsp3) is 0.533. The molecule has 1 saturated carbocycles. The second kappa shape index (κ2) is 7.06. The zero-order chi connectivity index (χ0) is 15.2. The van der Waals surface area contributed by atoms with Crippen molar-refractivity contribution in [2.24, 2.45) is 5.92 Å². The van der Waals surface area contributed by atoms with E-state index >= 15 is 0 Å². The summed E-state index contributed by atoms with van der Waals surface area (Å²) < 4.78 is 0. The van der Waals surface area contributed by atoms with E-state index in [4.69, 9.17) is 0 Å². The monoisotopic (exact) mass is 291 g/mol. The molecule has 2 N–H and O–H groups in total. The number of hydrogen-bond donors (Lipinski definition) is 2. The van der Waals surface area contributed by atoms with Crippen LogP contribution in [0, 0.1) is 16.0 Å². The molecule has 21 heavy (non-hydrogen) atoms. The lowest BCUT2D eigenvalue weighted by Gasteiger charge is -2.25. The highest BCUT2D eigenvalue weighted by Gasteiger charge is 2.21. The summed E-state index contributed by atoms with van der Waals surface area (Å²) in [5, 5.41) is 16.9. The third-order valence-electron chi connectivity index (χ3n) is 3.88. The number of rotatable bonds is 7. The quantitative estimate of drug-likeness (QED) is 0.597. The van der Waals surface area contributed by atoms with Crippen LogP contribution in [0.4, 0.5) is 11.4 Å². The zero-order valence-corrected chi connectivity index (χ0v) is 12.2. The van der Waals surface area contributed by atoms with Gasteiger partial charge in [0, 0.05) is 24.8 Å². The van der Waals surface area contributed by atoms with E-state index in [1.165, 1.54) is 25.3 Å². The minimum atomic E-state index is -0.517. The Morgan fingerprint density at radius 3 is 2.76 bits per heavy atom. The first kappa shape index (κ1) is 15.3. The highest BCUT2D eigenvalue weighted by molar-refractivity contribution is 5.99. The molecule has 0 radical (unpaired) electrons. The molecule has 0 atom stereocenters. The predicted molar refractivity (Wildman–Crippen MR) is 81.6 cm³/mol. The van der Waals surface area contributed by atoms with Crippen molar-refractivity contribution >= 4 is 17.3 Å². The minimum Gasteiger partial charge on any atom is -0.385 e. The number of nitro benzene ring substituents is 1. The van der Waals surface area contributed by atoms with Crippen molar-refractivity contribution in [2.45, 2.75) is 32.6 Å². The number of anilines is 1. The maximum Gasteiger partial charge on any atom is 0.282 e. The molecule has 1 aromatic carbocycles. The smallest absolute Gasteiger partial charge is 0.282 e. The van der Waals surface area contributed by atoms with Crippen LogP contribution in [0.1, 0.15) is 43.0 Å². The average molecular weight is 291 g/mol. The SMILES string of the molecule is CCNc1ccc([N+](=O)[O-])c(C(=O)NCCC2CCC2)c1. The lowest BCUT2D eigenvalue weighted by Crippen LogP contribution is -2.28. The number of hydrogen-bond acceptors (Lipinski definition) is 4. The van der Waals surface area contributed by atoms with Gasteiger partial charge in [-0.1, -0.05) is 19.3 Å². The van der Waals surface area contributed by atoms with Crippen LogP contribution in [0.3, 0.4) is 0 Å².